The van der Waals surface area contributed by atoms with E-state index >= 15 is 0 Å². The van der Waals surface area contributed by atoms with Crippen molar-refractivity contribution in [3.05, 3.63) is 11.6 Å². The normalized spacial score (nSPS) is 19.6. The highest BCUT2D eigenvalue weighted by Gasteiger charge is 2.13. The van der Waals surface area contributed by atoms with Gasteiger partial charge in [0, 0.05) is 12.2 Å². The van der Waals surface area contributed by atoms with Crippen LogP contribution >= 0.6 is 0 Å². The van der Waals surface area contributed by atoms with Gasteiger partial charge in [-0.3, -0.25) is 0 Å². The Morgan fingerprint density at radius 3 is 2.43 bits per heavy atom. The van der Waals surface area contributed by atoms with Crippen molar-refractivity contribution in [1.29, 1.82) is 0 Å². The zero-order valence-electron chi connectivity index (χ0n) is 8.69. The van der Waals surface area contributed by atoms with E-state index in [1.807, 2.05) is 0 Å². The molecule has 1 aliphatic heterocycles. The summed E-state index contributed by atoms with van der Waals surface area (Å²) < 4.78 is 4.71. The highest BCUT2D eigenvalue weighted by Crippen LogP contribution is 2.04. The summed E-state index contributed by atoms with van der Waals surface area (Å²) in [6.45, 7) is 4.70. The van der Waals surface area contributed by atoms with Crippen LogP contribution in [0.3, 0.4) is 0 Å². The van der Waals surface area contributed by atoms with E-state index in [1.165, 1.54) is 0 Å². The van der Waals surface area contributed by atoms with Crippen molar-refractivity contribution >= 4 is 5.97 Å². The number of unbranched alkanes of at least 4 members (excludes halogenated alkanes) is 1. The van der Waals surface area contributed by atoms with Gasteiger partial charge in [-0.05, 0) is 26.7 Å². The monoisotopic (exact) mass is 202 g/mol. The largest absolute Gasteiger partial charge is 0.478 e. The van der Waals surface area contributed by atoms with Crippen LogP contribution in [0.1, 0.15) is 26.7 Å². The molecule has 0 amide bonds. The zero-order chi connectivity index (χ0) is 11.0. The van der Waals surface area contributed by atoms with Crippen molar-refractivity contribution in [1.82, 2.24) is 0 Å². The summed E-state index contributed by atoms with van der Waals surface area (Å²) in [5.41, 5.74) is 0.341. The fraction of sp³-hybridized carbons (Fsp3) is 0.700. The number of hydrogen-bond acceptors (Lipinski definition) is 3. The fourth-order valence-corrected chi connectivity index (χ4v) is 0.593. The Hall–Kier alpha value is -0.870. The average molecular weight is 202 g/mol. The molecule has 0 aliphatic carbocycles. The fourth-order valence-electron chi connectivity index (χ4n) is 0.593. The third-order valence-corrected chi connectivity index (χ3v) is 1.65. The van der Waals surface area contributed by atoms with Crippen molar-refractivity contribution in [2.45, 2.75) is 32.8 Å². The number of allylic oxidation sites excluding steroid dienone is 1. The summed E-state index contributed by atoms with van der Waals surface area (Å²) in [6, 6.07) is 0. The first-order chi connectivity index (χ1) is 6.57. The van der Waals surface area contributed by atoms with Crippen molar-refractivity contribution in [2.75, 3.05) is 13.2 Å². The molecule has 1 saturated heterocycles. The number of rotatable bonds is 4. The van der Waals surface area contributed by atoms with E-state index < -0.39 is 5.97 Å². The molecule has 0 aromatic heterocycles. The van der Waals surface area contributed by atoms with Crippen molar-refractivity contribution in [2.24, 2.45) is 0 Å². The topological polar surface area (TPSA) is 70.1 Å². The molecule has 1 unspecified atom stereocenters. The molecule has 82 valence electrons. The smallest absolute Gasteiger partial charge is 0.330 e. The van der Waals surface area contributed by atoms with Gasteiger partial charge in [0.05, 0.1) is 12.7 Å². The van der Waals surface area contributed by atoms with Crippen LogP contribution in [0.5, 0.6) is 0 Å². The molecule has 1 heterocycles. The van der Waals surface area contributed by atoms with Gasteiger partial charge in [-0.2, -0.15) is 0 Å². The minimum absolute atomic E-state index is 0.114. The summed E-state index contributed by atoms with van der Waals surface area (Å²) in [7, 11) is 0. The lowest BCUT2D eigenvalue weighted by atomic mass is 10.2. The zero-order valence-corrected chi connectivity index (χ0v) is 8.69. The van der Waals surface area contributed by atoms with Gasteiger partial charge in [0.25, 0.3) is 0 Å². The summed E-state index contributed by atoms with van der Waals surface area (Å²) in [4.78, 5) is 10.2. The van der Waals surface area contributed by atoms with Gasteiger partial charge in [-0.25, -0.2) is 4.79 Å². The molecule has 1 fully saturated rings. The molecule has 0 saturated carbocycles. The lowest BCUT2D eigenvalue weighted by Gasteiger charge is -1.91. The molecule has 4 nitrogen and oxygen atoms in total. The predicted molar refractivity (Wildman–Crippen MR) is 53.1 cm³/mol. The second kappa shape index (κ2) is 7.53. The van der Waals surface area contributed by atoms with E-state index in [-0.39, 0.29) is 6.61 Å². The highest BCUT2D eigenvalue weighted by molar-refractivity contribution is 5.85. The van der Waals surface area contributed by atoms with Gasteiger partial charge in [-0.15, -0.1) is 0 Å². The number of ether oxygens (including phenoxy) is 1. The Kier molecular flexibility index (Phi) is 7.06. The van der Waals surface area contributed by atoms with Crippen molar-refractivity contribution in [3.63, 3.8) is 0 Å². The van der Waals surface area contributed by atoms with Crippen LogP contribution in [0.15, 0.2) is 11.6 Å². The quantitative estimate of drug-likeness (QED) is 0.408. The molecule has 0 spiro atoms. The lowest BCUT2D eigenvalue weighted by Crippen LogP contribution is -1.95. The molecule has 0 radical (unpaired) electrons. The molecule has 1 rings (SSSR count). The Morgan fingerprint density at radius 1 is 1.64 bits per heavy atom. The Labute approximate surface area is 84.2 Å². The van der Waals surface area contributed by atoms with E-state index in [4.69, 9.17) is 14.9 Å². The van der Waals surface area contributed by atoms with Gasteiger partial charge in [0.1, 0.15) is 0 Å². The van der Waals surface area contributed by atoms with Crippen LogP contribution in [0.25, 0.3) is 0 Å². The highest BCUT2D eigenvalue weighted by atomic mass is 16.6. The maximum atomic E-state index is 10.2. The van der Waals surface area contributed by atoms with E-state index in [1.54, 1.807) is 13.0 Å². The number of aliphatic hydroxyl groups is 1. The summed E-state index contributed by atoms with van der Waals surface area (Å²) in [5, 5.41) is 16.7. The molecule has 0 aromatic carbocycles. The van der Waals surface area contributed by atoms with Crippen LogP contribution < -0.4 is 0 Å². The third-order valence-electron chi connectivity index (χ3n) is 1.65. The number of aliphatic carboxylic acids is 1. The molecule has 1 aliphatic rings. The molecule has 0 aromatic rings. The average Bonchev–Trinajstić information content (AvgIpc) is 2.89. The molecule has 2 N–H and O–H groups in total. The predicted octanol–water partition coefficient (Wildman–Crippen LogP) is 1.19. The van der Waals surface area contributed by atoms with E-state index in [0.29, 0.717) is 24.5 Å². The van der Waals surface area contributed by atoms with Crippen molar-refractivity contribution < 1.29 is 19.7 Å². The Morgan fingerprint density at radius 2 is 2.14 bits per heavy atom. The second-order valence-electron chi connectivity index (χ2n) is 3.20. The molecular weight excluding hydrogens is 184 g/mol. The summed E-state index contributed by atoms with van der Waals surface area (Å²) in [5.74, 6) is -0.891. The first-order valence-electron chi connectivity index (χ1n) is 4.70. The third kappa shape index (κ3) is 9.22. The van der Waals surface area contributed by atoms with Crippen LogP contribution in [-0.2, 0) is 9.53 Å². The minimum atomic E-state index is -0.891. The number of epoxide rings is 1. The van der Waals surface area contributed by atoms with Crippen LogP contribution in [-0.4, -0.2) is 35.5 Å². The van der Waals surface area contributed by atoms with Crippen LogP contribution in [0.2, 0.25) is 0 Å². The first kappa shape index (κ1) is 13.1. The minimum Gasteiger partial charge on any atom is -0.478 e. The summed E-state index contributed by atoms with van der Waals surface area (Å²) in [6.07, 6.45) is 3.46. The number of aliphatic hydroxyl groups excluding tert-OH is 1. The Bertz CT molecular complexity index is 194. The number of carbonyl (C=O) groups is 1. The van der Waals surface area contributed by atoms with Gasteiger partial charge >= 0.3 is 5.97 Å². The van der Waals surface area contributed by atoms with E-state index in [2.05, 4.69) is 6.92 Å². The molecular formula is C10H18O4. The number of hydrogen-bond donors (Lipinski definition) is 2. The number of carboxylic acids is 1. The molecule has 1 atom stereocenters. The van der Waals surface area contributed by atoms with E-state index in [0.717, 1.165) is 6.61 Å². The lowest BCUT2D eigenvalue weighted by molar-refractivity contribution is -0.132. The molecule has 4 heteroatoms. The molecule has 0 bridgehead atoms. The molecule has 14 heavy (non-hydrogen) atoms. The maximum absolute atomic E-state index is 10.2. The van der Waals surface area contributed by atoms with Crippen LogP contribution in [0, 0.1) is 0 Å². The standard InChI is InChI=1S/C7H12O3.C3H6O/c1-6(7(9)10)4-2-3-5-8;1-3-2-4-3/h4,8H,2-3,5H2,1H3,(H,9,10);3H,2H2,1H3. The number of carboxylic acid groups (broad SMARTS) is 1. The van der Waals surface area contributed by atoms with Gasteiger partial charge in [-0.1, -0.05) is 6.08 Å². The van der Waals surface area contributed by atoms with Gasteiger partial charge in [0.15, 0.2) is 0 Å². The van der Waals surface area contributed by atoms with Crippen molar-refractivity contribution in [3.8, 4) is 0 Å². The second-order valence-corrected chi connectivity index (χ2v) is 3.20. The Balaban J connectivity index is 0.000000344. The van der Waals surface area contributed by atoms with Gasteiger partial charge < -0.3 is 14.9 Å². The maximum Gasteiger partial charge on any atom is 0.330 e. The summed E-state index contributed by atoms with van der Waals surface area (Å²) >= 11 is 0. The van der Waals surface area contributed by atoms with Gasteiger partial charge in [0.2, 0.25) is 0 Å². The SMILES string of the molecule is CC(=CCCCO)C(=O)O.CC1CO1. The first-order valence-corrected chi connectivity index (χ1v) is 4.70. The van der Waals surface area contributed by atoms with E-state index in [9.17, 15) is 4.79 Å². The van der Waals surface area contributed by atoms with Crippen LogP contribution in [0.4, 0.5) is 0 Å².